The molecule has 0 unspecified atom stereocenters. The highest BCUT2D eigenvalue weighted by Crippen LogP contribution is 2.17. The molecule has 0 amide bonds. The smallest absolute Gasteiger partial charge is 0.191 e. The van der Waals surface area contributed by atoms with Crippen LogP contribution >= 0.6 is 0 Å². The molecule has 0 atom stereocenters. The van der Waals surface area contributed by atoms with Crippen LogP contribution in [0.2, 0.25) is 0 Å². The van der Waals surface area contributed by atoms with E-state index in [1.165, 1.54) is 5.56 Å². The summed E-state index contributed by atoms with van der Waals surface area (Å²) in [6, 6.07) is 12.3. The van der Waals surface area contributed by atoms with E-state index in [9.17, 15) is 0 Å². The van der Waals surface area contributed by atoms with Crippen molar-refractivity contribution in [2.24, 2.45) is 4.99 Å². The molecule has 2 aromatic rings. The van der Waals surface area contributed by atoms with Gasteiger partial charge in [-0.05, 0) is 50.5 Å². The number of aromatic nitrogens is 1. The summed E-state index contributed by atoms with van der Waals surface area (Å²) < 4.78 is 5.41. The van der Waals surface area contributed by atoms with E-state index >= 15 is 0 Å². The van der Waals surface area contributed by atoms with Crippen LogP contribution in [0.25, 0.3) is 0 Å². The van der Waals surface area contributed by atoms with E-state index < -0.39 is 0 Å². The molecule has 0 saturated carbocycles. The zero-order chi connectivity index (χ0) is 20.2. The van der Waals surface area contributed by atoms with E-state index in [1.807, 2.05) is 24.4 Å². The Morgan fingerprint density at radius 2 is 1.86 bits per heavy atom. The van der Waals surface area contributed by atoms with Crippen molar-refractivity contribution in [2.75, 3.05) is 38.2 Å². The maximum Gasteiger partial charge on any atom is 0.191 e. The van der Waals surface area contributed by atoms with Gasteiger partial charge in [0.05, 0.1) is 13.7 Å². The number of benzene rings is 1. The number of methoxy groups -OCH3 is 1. The van der Waals surface area contributed by atoms with Crippen molar-refractivity contribution < 1.29 is 4.74 Å². The molecule has 0 radical (unpaired) electrons. The Bertz CT molecular complexity index is 726. The molecule has 152 valence electrons. The van der Waals surface area contributed by atoms with E-state index in [1.54, 1.807) is 7.11 Å². The summed E-state index contributed by atoms with van der Waals surface area (Å²) in [4.78, 5) is 11.5. The molecular weight excluding hydrogens is 350 g/mol. The molecule has 2 N–H and O–H groups in total. The lowest BCUT2D eigenvalue weighted by molar-refractivity contribution is 0.409. The molecule has 6 heteroatoms. The van der Waals surface area contributed by atoms with E-state index in [0.717, 1.165) is 55.7 Å². The van der Waals surface area contributed by atoms with Crippen LogP contribution in [0.3, 0.4) is 0 Å². The summed E-state index contributed by atoms with van der Waals surface area (Å²) in [6.45, 7) is 10.5. The number of para-hydroxylation sites is 1. The average Bonchev–Trinajstić information content (AvgIpc) is 2.74. The molecule has 0 spiro atoms. The fourth-order valence-electron chi connectivity index (χ4n) is 2.98. The lowest BCUT2D eigenvalue weighted by Gasteiger charge is -2.19. The predicted molar refractivity (Wildman–Crippen MR) is 117 cm³/mol. The van der Waals surface area contributed by atoms with Crippen molar-refractivity contribution in [3.8, 4) is 5.75 Å². The minimum Gasteiger partial charge on any atom is -0.496 e. The molecule has 0 aliphatic carbocycles. The van der Waals surface area contributed by atoms with Gasteiger partial charge in [-0.15, -0.1) is 0 Å². The summed E-state index contributed by atoms with van der Waals surface area (Å²) >= 11 is 0. The number of aliphatic imine (C=N–C) groups is 1. The Morgan fingerprint density at radius 1 is 1.07 bits per heavy atom. The van der Waals surface area contributed by atoms with Crippen LogP contribution in [0, 0.1) is 0 Å². The summed E-state index contributed by atoms with van der Waals surface area (Å²) in [7, 11) is 1.71. The summed E-state index contributed by atoms with van der Waals surface area (Å²) in [5.74, 6) is 2.75. The SMILES string of the molecule is CCNC(=NCc1ccc(N(CC)CC)nc1)NCCc1ccccc1OC. The second-order valence-corrected chi connectivity index (χ2v) is 6.38. The Labute approximate surface area is 169 Å². The number of anilines is 1. The molecule has 0 saturated heterocycles. The van der Waals surface area contributed by atoms with Crippen LogP contribution in [0.15, 0.2) is 47.6 Å². The first-order valence-corrected chi connectivity index (χ1v) is 10.1. The molecule has 6 nitrogen and oxygen atoms in total. The number of hydrogen-bond acceptors (Lipinski definition) is 4. The minimum absolute atomic E-state index is 0.593. The van der Waals surface area contributed by atoms with Crippen molar-refractivity contribution in [1.29, 1.82) is 0 Å². The van der Waals surface area contributed by atoms with Crippen molar-refractivity contribution in [1.82, 2.24) is 15.6 Å². The molecule has 0 aliphatic rings. The average molecular weight is 384 g/mol. The molecule has 0 aliphatic heterocycles. The lowest BCUT2D eigenvalue weighted by atomic mass is 10.1. The van der Waals surface area contributed by atoms with Gasteiger partial charge in [-0.25, -0.2) is 9.98 Å². The van der Waals surface area contributed by atoms with Gasteiger partial charge in [0.1, 0.15) is 11.6 Å². The molecule has 0 fully saturated rings. The van der Waals surface area contributed by atoms with E-state index in [2.05, 4.69) is 64.5 Å². The number of rotatable bonds is 10. The van der Waals surface area contributed by atoms with Gasteiger partial charge in [-0.2, -0.15) is 0 Å². The zero-order valence-corrected chi connectivity index (χ0v) is 17.5. The predicted octanol–water partition coefficient (Wildman–Crippen LogP) is 3.23. The van der Waals surface area contributed by atoms with Crippen molar-refractivity contribution in [3.63, 3.8) is 0 Å². The van der Waals surface area contributed by atoms with Gasteiger partial charge in [0.2, 0.25) is 0 Å². The third-order valence-corrected chi connectivity index (χ3v) is 4.54. The number of pyridine rings is 1. The first-order valence-electron chi connectivity index (χ1n) is 10.1. The fourth-order valence-corrected chi connectivity index (χ4v) is 2.98. The third kappa shape index (κ3) is 6.44. The van der Waals surface area contributed by atoms with Gasteiger partial charge >= 0.3 is 0 Å². The highest BCUT2D eigenvalue weighted by atomic mass is 16.5. The van der Waals surface area contributed by atoms with Gasteiger partial charge in [0.25, 0.3) is 0 Å². The van der Waals surface area contributed by atoms with Gasteiger partial charge in [-0.3, -0.25) is 0 Å². The largest absolute Gasteiger partial charge is 0.496 e. The topological polar surface area (TPSA) is 61.8 Å². The van der Waals surface area contributed by atoms with Crippen LogP contribution in [-0.4, -0.2) is 44.2 Å². The Morgan fingerprint density at radius 3 is 2.50 bits per heavy atom. The van der Waals surface area contributed by atoms with Gasteiger partial charge in [0.15, 0.2) is 5.96 Å². The maximum absolute atomic E-state index is 5.41. The molecule has 28 heavy (non-hydrogen) atoms. The fraction of sp³-hybridized carbons (Fsp3) is 0.455. The van der Waals surface area contributed by atoms with Crippen LogP contribution in [-0.2, 0) is 13.0 Å². The standard InChI is InChI=1S/C22H33N5O/c1-5-23-22(24-15-14-19-10-8-9-11-20(19)28-4)26-17-18-12-13-21(25-16-18)27(6-2)7-3/h8-13,16H,5-7,14-15,17H2,1-4H3,(H2,23,24,26). The first kappa shape index (κ1) is 21.5. The maximum atomic E-state index is 5.41. The second-order valence-electron chi connectivity index (χ2n) is 6.38. The minimum atomic E-state index is 0.593. The van der Waals surface area contributed by atoms with Crippen LogP contribution in [0.5, 0.6) is 5.75 Å². The van der Waals surface area contributed by atoms with Gasteiger partial charge < -0.3 is 20.3 Å². The molecule has 1 aromatic carbocycles. The number of nitrogens with zero attached hydrogens (tertiary/aromatic N) is 3. The normalized spacial score (nSPS) is 11.2. The molecular formula is C22H33N5O. The number of guanidine groups is 1. The summed E-state index contributed by atoms with van der Waals surface area (Å²) in [5, 5.41) is 6.69. The molecule has 1 heterocycles. The van der Waals surface area contributed by atoms with Gasteiger partial charge in [0, 0.05) is 32.4 Å². The quantitative estimate of drug-likeness (QED) is 0.487. The zero-order valence-electron chi connectivity index (χ0n) is 17.5. The second kappa shape index (κ2) is 11.8. The first-order chi connectivity index (χ1) is 13.7. The van der Waals surface area contributed by atoms with Crippen LogP contribution < -0.4 is 20.3 Å². The van der Waals surface area contributed by atoms with Crippen LogP contribution in [0.4, 0.5) is 5.82 Å². The van der Waals surface area contributed by atoms with Crippen LogP contribution in [0.1, 0.15) is 31.9 Å². The monoisotopic (exact) mass is 383 g/mol. The van der Waals surface area contributed by atoms with E-state index in [-0.39, 0.29) is 0 Å². The number of nitrogens with one attached hydrogen (secondary N) is 2. The number of hydrogen-bond donors (Lipinski definition) is 2. The molecule has 2 rings (SSSR count). The highest BCUT2D eigenvalue weighted by Gasteiger charge is 2.04. The number of ether oxygens (including phenoxy) is 1. The van der Waals surface area contributed by atoms with Gasteiger partial charge in [-0.1, -0.05) is 24.3 Å². The third-order valence-electron chi connectivity index (χ3n) is 4.54. The summed E-state index contributed by atoms with van der Waals surface area (Å²) in [6.07, 6.45) is 2.78. The Balaban J connectivity index is 1.92. The molecule has 0 bridgehead atoms. The molecule has 1 aromatic heterocycles. The Hall–Kier alpha value is -2.76. The van der Waals surface area contributed by atoms with Crippen molar-refractivity contribution >= 4 is 11.8 Å². The lowest BCUT2D eigenvalue weighted by Crippen LogP contribution is -2.38. The van der Waals surface area contributed by atoms with E-state index in [0.29, 0.717) is 6.54 Å². The van der Waals surface area contributed by atoms with Crippen molar-refractivity contribution in [3.05, 3.63) is 53.7 Å². The highest BCUT2D eigenvalue weighted by molar-refractivity contribution is 5.79. The summed E-state index contributed by atoms with van der Waals surface area (Å²) in [5.41, 5.74) is 2.28. The van der Waals surface area contributed by atoms with E-state index in [4.69, 9.17) is 4.74 Å². The Kier molecular flexibility index (Phi) is 9.11. The van der Waals surface area contributed by atoms with Crippen molar-refractivity contribution in [2.45, 2.75) is 33.7 Å².